The Balaban J connectivity index is 1.22. The van der Waals surface area contributed by atoms with Crippen LogP contribution in [-0.4, -0.2) is 37.2 Å². The summed E-state index contributed by atoms with van der Waals surface area (Å²) in [5, 5.41) is 5.00. The fourth-order valence-electron chi connectivity index (χ4n) is 4.27. The first-order chi connectivity index (χ1) is 15.1. The van der Waals surface area contributed by atoms with Crippen LogP contribution in [0.25, 0.3) is 11.0 Å². The largest absolute Gasteiger partial charge is 0.490 e. The summed E-state index contributed by atoms with van der Waals surface area (Å²) < 4.78 is 16.8. The number of hydrogen-bond donors (Lipinski definition) is 1. The van der Waals surface area contributed by atoms with Crippen LogP contribution in [0.15, 0.2) is 51.7 Å². The van der Waals surface area contributed by atoms with E-state index < -0.39 is 0 Å². The number of nitrogens with one attached hydrogen (secondary N) is 1. The first-order valence-corrected chi connectivity index (χ1v) is 11.1. The van der Waals surface area contributed by atoms with Gasteiger partial charge in [-0.3, -0.25) is 4.90 Å². The van der Waals surface area contributed by atoms with E-state index >= 15 is 0 Å². The molecule has 2 aromatic carbocycles. The minimum atomic E-state index is -0.357. The molecule has 3 heterocycles. The lowest BCUT2D eigenvalue weighted by Crippen LogP contribution is -2.38. The van der Waals surface area contributed by atoms with Gasteiger partial charge in [-0.05, 0) is 48.7 Å². The number of rotatable bonds is 4. The molecular formula is C24H25ClN2O4. The number of likely N-dealkylation sites (tertiary alicyclic amines) is 1. The van der Waals surface area contributed by atoms with Crippen molar-refractivity contribution in [3.63, 3.8) is 0 Å². The number of halogens is 1. The fraction of sp³-hybridized carbons (Fsp3) is 0.375. The van der Waals surface area contributed by atoms with E-state index in [0.29, 0.717) is 29.9 Å². The SMILES string of the molecule is O=c1cc(NC2CCN(Cc3ccc4c(c3)OCCCO4)CC2)c2cc(Cl)ccc2o1. The molecule has 5 rings (SSSR count). The molecule has 162 valence electrons. The van der Waals surface area contributed by atoms with Crippen molar-refractivity contribution in [2.24, 2.45) is 0 Å². The van der Waals surface area contributed by atoms with Crippen molar-refractivity contribution in [1.29, 1.82) is 0 Å². The maximum absolute atomic E-state index is 11.9. The number of piperidine rings is 1. The maximum Gasteiger partial charge on any atom is 0.338 e. The lowest BCUT2D eigenvalue weighted by Gasteiger charge is -2.33. The predicted molar refractivity (Wildman–Crippen MR) is 121 cm³/mol. The molecule has 0 amide bonds. The normalized spacial score (nSPS) is 17.5. The number of anilines is 1. The van der Waals surface area contributed by atoms with E-state index in [4.69, 9.17) is 25.5 Å². The van der Waals surface area contributed by atoms with Crippen LogP contribution in [0.2, 0.25) is 5.02 Å². The molecule has 2 aliphatic heterocycles. The van der Waals surface area contributed by atoms with Crippen molar-refractivity contribution < 1.29 is 13.9 Å². The van der Waals surface area contributed by atoms with Crippen LogP contribution in [-0.2, 0) is 6.54 Å². The Morgan fingerprint density at radius 3 is 2.65 bits per heavy atom. The van der Waals surface area contributed by atoms with Crippen LogP contribution in [0.4, 0.5) is 5.69 Å². The molecule has 0 spiro atoms. The average molecular weight is 441 g/mol. The van der Waals surface area contributed by atoms with Crippen molar-refractivity contribution in [2.45, 2.75) is 31.8 Å². The first kappa shape index (κ1) is 20.2. The summed E-state index contributed by atoms with van der Waals surface area (Å²) >= 11 is 6.15. The van der Waals surface area contributed by atoms with Gasteiger partial charge >= 0.3 is 5.63 Å². The van der Waals surface area contributed by atoms with E-state index in [9.17, 15) is 4.79 Å². The molecule has 7 heteroatoms. The standard InChI is InChI=1S/C24H25ClN2O4/c25-17-3-5-21-19(13-17)20(14-24(28)31-21)26-18-6-8-27(9-7-18)15-16-2-4-22-23(12-16)30-11-1-10-29-22/h2-5,12-14,18,26H,1,6-11,15H2. The minimum absolute atomic E-state index is 0.295. The van der Waals surface area contributed by atoms with Crippen LogP contribution in [0.5, 0.6) is 11.5 Å². The number of hydrogen-bond acceptors (Lipinski definition) is 6. The van der Waals surface area contributed by atoms with Gasteiger partial charge < -0.3 is 19.2 Å². The summed E-state index contributed by atoms with van der Waals surface area (Å²) in [6, 6.07) is 13.4. The highest BCUT2D eigenvalue weighted by Gasteiger charge is 2.21. The van der Waals surface area contributed by atoms with Crippen LogP contribution in [0, 0.1) is 0 Å². The van der Waals surface area contributed by atoms with E-state index in [1.807, 2.05) is 12.1 Å². The fourth-order valence-corrected chi connectivity index (χ4v) is 4.45. The van der Waals surface area contributed by atoms with Gasteiger partial charge in [-0.1, -0.05) is 17.7 Å². The molecule has 31 heavy (non-hydrogen) atoms. The van der Waals surface area contributed by atoms with Gasteiger partial charge in [0.1, 0.15) is 5.58 Å². The first-order valence-electron chi connectivity index (χ1n) is 10.7. The molecule has 1 fully saturated rings. The second kappa shape index (κ2) is 8.81. The van der Waals surface area contributed by atoms with Crippen LogP contribution in [0.1, 0.15) is 24.8 Å². The highest BCUT2D eigenvalue weighted by atomic mass is 35.5. The molecule has 1 aromatic heterocycles. The van der Waals surface area contributed by atoms with Crippen LogP contribution in [0.3, 0.4) is 0 Å². The molecular weight excluding hydrogens is 416 g/mol. The second-order valence-electron chi connectivity index (χ2n) is 8.15. The zero-order chi connectivity index (χ0) is 21.2. The molecule has 0 radical (unpaired) electrons. The average Bonchev–Trinajstić information content (AvgIpc) is 3.01. The van der Waals surface area contributed by atoms with Crippen LogP contribution < -0.4 is 20.4 Å². The summed E-state index contributed by atoms with van der Waals surface area (Å²) in [5.74, 6) is 1.68. The molecule has 3 aromatic rings. The van der Waals surface area contributed by atoms with Gasteiger partial charge in [0.15, 0.2) is 11.5 Å². The number of nitrogens with zero attached hydrogens (tertiary/aromatic N) is 1. The van der Waals surface area contributed by atoms with Crippen molar-refractivity contribution in [2.75, 3.05) is 31.6 Å². The highest BCUT2D eigenvalue weighted by Crippen LogP contribution is 2.31. The van der Waals surface area contributed by atoms with Crippen molar-refractivity contribution in [3.8, 4) is 11.5 Å². The molecule has 0 atom stereocenters. The molecule has 0 unspecified atom stereocenters. The Morgan fingerprint density at radius 2 is 1.81 bits per heavy atom. The minimum Gasteiger partial charge on any atom is -0.490 e. The quantitative estimate of drug-likeness (QED) is 0.594. The number of fused-ring (bicyclic) bond motifs is 2. The van der Waals surface area contributed by atoms with E-state index in [1.165, 1.54) is 11.6 Å². The van der Waals surface area contributed by atoms with E-state index in [0.717, 1.165) is 61.5 Å². The summed E-state index contributed by atoms with van der Waals surface area (Å²) in [5.41, 5.74) is 2.21. The molecule has 6 nitrogen and oxygen atoms in total. The van der Waals surface area contributed by atoms with Crippen molar-refractivity contribution in [1.82, 2.24) is 4.90 Å². The molecule has 2 aliphatic rings. The molecule has 0 saturated carbocycles. The highest BCUT2D eigenvalue weighted by molar-refractivity contribution is 6.31. The third kappa shape index (κ3) is 4.65. The summed E-state index contributed by atoms with van der Waals surface area (Å²) in [7, 11) is 0. The summed E-state index contributed by atoms with van der Waals surface area (Å²) in [6.45, 7) is 4.25. The Morgan fingerprint density at radius 1 is 1.00 bits per heavy atom. The van der Waals surface area contributed by atoms with Gasteiger partial charge in [0.05, 0.1) is 18.9 Å². The van der Waals surface area contributed by atoms with Gasteiger partial charge in [0.2, 0.25) is 0 Å². The molecule has 0 aliphatic carbocycles. The zero-order valence-electron chi connectivity index (χ0n) is 17.2. The van der Waals surface area contributed by atoms with E-state index in [-0.39, 0.29) is 5.63 Å². The third-order valence-electron chi connectivity index (χ3n) is 5.87. The van der Waals surface area contributed by atoms with Gasteiger partial charge in [0.25, 0.3) is 0 Å². The van der Waals surface area contributed by atoms with Gasteiger partial charge in [-0.25, -0.2) is 4.79 Å². The van der Waals surface area contributed by atoms with Gasteiger partial charge in [0, 0.05) is 48.6 Å². The monoisotopic (exact) mass is 440 g/mol. The third-order valence-corrected chi connectivity index (χ3v) is 6.10. The van der Waals surface area contributed by atoms with Gasteiger partial charge in [-0.15, -0.1) is 0 Å². The second-order valence-corrected chi connectivity index (χ2v) is 8.58. The van der Waals surface area contributed by atoms with E-state index in [1.54, 1.807) is 12.1 Å². The number of ether oxygens (including phenoxy) is 2. The lowest BCUT2D eigenvalue weighted by atomic mass is 10.0. The molecule has 0 bridgehead atoms. The zero-order valence-corrected chi connectivity index (χ0v) is 18.0. The van der Waals surface area contributed by atoms with E-state index in [2.05, 4.69) is 22.3 Å². The summed E-state index contributed by atoms with van der Waals surface area (Å²) in [4.78, 5) is 14.4. The Hall–Kier alpha value is -2.70. The Kier molecular flexibility index (Phi) is 5.74. The maximum atomic E-state index is 11.9. The van der Waals surface area contributed by atoms with Crippen molar-refractivity contribution >= 4 is 28.3 Å². The predicted octanol–water partition coefficient (Wildman–Crippen LogP) is 4.68. The Labute approximate surface area is 185 Å². The number of benzene rings is 2. The lowest BCUT2D eigenvalue weighted by molar-refractivity contribution is 0.211. The molecule has 1 N–H and O–H groups in total. The Bertz CT molecular complexity index is 1140. The van der Waals surface area contributed by atoms with Crippen molar-refractivity contribution in [3.05, 3.63) is 63.5 Å². The molecule has 1 saturated heterocycles. The summed E-state index contributed by atoms with van der Waals surface area (Å²) in [6.07, 6.45) is 2.90. The topological polar surface area (TPSA) is 63.9 Å². The van der Waals surface area contributed by atoms with Gasteiger partial charge in [-0.2, -0.15) is 0 Å². The smallest absolute Gasteiger partial charge is 0.338 e. The van der Waals surface area contributed by atoms with Crippen LogP contribution >= 0.6 is 11.6 Å².